The minimum Gasteiger partial charge on any atom is -0.348 e. The molecule has 0 bridgehead atoms. The molecule has 0 saturated heterocycles. The normalized spacial score (nSPS) is 11.8. The average molecular weight is 329 g/mol. The van der Waals surface area contributed by atoms with Crippen LogP contribution in [0.5, 0.6) is 0 Å². The van der Waals surface area contributed by atoms with Crippen molar-refractivity contribution in [2.75, 3.05) is 0 Å². The van der Waals surface area contributed by atoms with Gasteiger partial charge in [0, 0.05) is 12.0 Å². The van der Waals surface area contributed by atoms with Crippen LogP contribution in [0.1, 0.15) is 65.6 Å². The third kappa shape index (κ3) is 4.83. The Labute approximate surface area is 145 Å². The monoisotopic (exact) mass is 329 g/mol. The summed E-state index contributed by atoms with van der Waals surface area (Å²) in [5.74, 6) is 1.01. The molecule has 0 aliphatic rings. The highest BCUT2D eigenvalue weighted by Gasteiger charge is 2.21. The first-order chi connectivity index (χ1) is 11.4. The van der Waals surface area contributed by atoms with Crippen LogP contribution < -0.4 is 5.32 Å². The van der Waals surface area contributed by atoms with Gasteiger partial charge in [-0.2, -0.15) is 0 Å². The lowest BCUT2D eigenvalue weighted by Crippen LogP contribution is -2.35. The van der Waals surface area contributed by atoms with Crippen LogP contribution in [0, 0.1) is 5.41 Å². The maximum Gasteiger partial charge on any atom is 0.225 e. The Balaban J connectivity index is 2.10. The van der Waals surface area contributed by atoms with E-state index in [-0.39, 0.29) is 11.3 Å². The highest BCUT2D eigenvalue weighted by atomic mass is 16.2. The summed E-state index contributed by atoms with van der Waals surface area (Å²) in [6, 6.07) is 8.22. The van der Waals surface area contributed by atoms with Crippen LogP contribution in [0.3, 0.4) is 0 Å². The summed E-state index contributed by atoms with van der Waals surface area (Å²) < 4.78 is 2.27. The van der Waals surface area contributed by atoms with Crippen molar-refractivity contribution in [2.24, 2.45) is 5.41 Å². The van der Waals surface area contributed by atoms with E-state index in [9.17, 15) is 4.79 Å². The SMILES string of the molecule is CCCCCCCn1c(CNC(=O)C(C)(C)C)nc2ccccc21. The molecule has 0 radical (unpaired) electrons. The molecule has 0 spiro atoms. The van der Waals surface area contributed by atoms with E-state index in [1.54, 1.807) is 0 Å². The van der Waals surface area contributed by atoms with Gasteiger partial charge in [-0.15, -0.1) is 0 Å². The van der Waals surface area contributed by atoms with Gasteiger partial charge >= 0.3 is 0 Å². The molecule has 0 fully saturated rings. The highest BCUT2D eigenvalue weighted by molar-refractivity contribution is 5.81. The van der Waals surface area contributed by atoms with Gasteiger partial charge < -0.3 is 9.88 Å². The maximum absolute atomic E-state index is 12.1. The number of fused-ring (bicyclic) bond motifs is 1. The molecule has 1 heterocycles. The Bertz CT molecular complexity index is 667. The minimum atomic E-state index is -0.378. The van der Waals surface area contributed by atoms with Crippen LogP contribution in [0.25, 0.3) is 11.0 Å². The van der Waals surface area contributed by atoms with Crippen molar-refractivity contribution in [3.05, 3.63) is 30.1 Å². The molecule has 4 nitrogen and oxygen atoms in total. The number of rotatable bonds is 8. The van der Waals surface area contributed by atoms with Crippen LogP contribution >= 0.6 is 0 Å². The van der Waals surface area contributed by atoms with E-state index >= 15 is 0 Å². The molecule has 132 valence electrons. The van der Waals surface area contributed by atoms with Crippen molar-refractivity contribution in [3.63, 3.8) is 0 Å². The molecule has 0 saturated carbocycles. The van der Waals surface area contributed by atoms with Crippen LogP contribution in [-0.4, -0.2) is 15.5 Å². The fraction of sp³-hybridized carbons (Fsp3) is 0.600. The summed E-state index contributed by atoms with van der Waals surface area (Å²) in [5.41, 5.74) is 1.79. The number of nitrogens with zero attached hydrogens (tertiary/aromatic N) is 2. The molecule has 1 aromatic heterocycles. The number of para-hydroxylation sites is 2. The van der Waals surface area contributed by atoms with Gasteiger partial charge in [-0.05, 0) is 18.6 Å². The van der Waals surface area contributed by atoms with Crippen LogP contribution in [-0.2, 0) is 17.9 Å². The van der Waals surface area contributed by atoms with Crippen molar-refractivity contribution in [1.29, 1.82) is 0 Å². The summed E-state index contributed by atoms with van der Waals surface area (Å²) >= 11 is 0. The summed E-state index contributed by atoms with van der Waals surface area (Å²) in [4.78, 5) is 16.9. The van der Waals surface area contributed by atoms with Gasteiger partial charge in [-0.1, -0.05) is 65.5 Å². The van der Waals surface area contributed by atoms with Crippen molar-refractivity contribution < 1.29 is 4.79 Å². The lowest BCUT2D eigenvalue weighted by molar-refractivity contribution is -0.128. The Kier molecular flexibility index (Phi) is 6.41. The number of imidazole rings is 1. The predicted molar refractivity (Wildman–Crippen MR) is 99.8 cm³/mol. The van der Waals surface area contributed by atoms with E-state index < -0.39 is 0 Å². The van der Waals surface area contributed by atoms with Crippen molar-refractivity contribution in [2.45, 2.75) is 72.9 Å². The lowest BCUT2D eigenvalue weighted by Gasteiger charge is -2.18. The number of aryl methyl sites for hydroxylation is 1. The Hall–Kier alpha value is -1.84. The van der Waals surface area contributed by atoms with E-state index in [2.05, 4.69) is 28.9 Å². The predicted octanol–water partition coefficient (Wildman–Crippen LogP) is 4.67. The number of hydrogen-bond donors (Lipinski definition) is 1. The number of aromatic nitrogens is 2. The fourth-order valence-corrected chi connectivity index (χ4v) is 2.81. The van der Waals surface area contributed by atoms with E-state index in [0.717, 1.165) is 29.8 Å². The third-order valence-electron chi connectivity index (χ3n) is 4.31. The number of amides is 1. The number of nitrogens with one attached hydrogen (secondary N) is 1. The molecule has 2 rings (SSSR count). The first kappa shape index (κ1) is 18.5. The Morgan fingerprint density at radius 3 is 2.54 bits per heavy atom. The fourth-order valence-electron chi connectivity index (χ4n) is 2.81. The van der Waals surface area contributed by atoms with E-state index in [1.165, 1.54) is 25.7 Å². The molecule has 4 heteroatoms. The molecule has 1 amide bonds. The molecule has 0 aliphatic carbocycles. The molecule has 2 aromatic rings. The summed E-state index contributed by atoms with van der Waals surface area (Å²) in [6.07, 6.45) is 6.26. The first-order valence-corrected chi connectivity index (χ1v) is 9.16. The number of unbranched alkanes of at least 4 members (excludes halogenated alkanes) is 4. The van der Waals surface area contributed by atoms with Crippen LogP contribution in [0.2, 0.25) is 0 Å². The summed E-state index contributed by atoms with van der Waals surface area (Å²) in [5, 5.41) is 3.03. The average Bonchev–Trinajstić information content (AvgIpc) is 2.89. The van der Waals surface area contributed by atoms with Crippen LogP contribution in [0.4, 0.5) is 0 Å². The van der Waals surface area contributed by atoms with Gasteiger partial charge in [-0.3, -0.25) is 4.79 Å². The second-order valence-electron chi connectivity index (χ2n) is 7.52. The largest absolute Gasteiger partial charge is 0.348 e. The second kappa shape index (κ2) is 8.32. The van der Waals surface area contributed by atoms with Gasteiger partial charge in [0.05, 0.1) is 17.6 Å². The Morgan fingerprint density at radius 2 is 1.83 bits per heavy atom. The first-order valence-electron chi connectivity index (χ1n) is 9.16. The molecule has 1 aromatic carbocycles. The minimum absolute atomic E-state index is 0.0593. The maximum atomic E-state index is 12.1. The zero-order valence-electron chi connectivity index (χ0n) is 15.6. The van der Waals surface area contributed by atoms with E-state index in [1.807, 2.05) is 32.9 Å². The van der Waals surface area contributed by atoms with Gasteiger partial charge in [0.2, 0.25) is 5.91 Å². The number of hydrogen-bond acceptors (Lipinski definition) is 2. The van der Waals surface area contributed by atoms with Crippen LogP contribution in [0.15, 0.2) is 24.3 Å². The Morgan fingerprint density at radius 1 is 1.12 bits per heavy atom. The zero-order chi connectivity index (χ0) is 17.6. The standard InChI is InChI=1S/C20H31N3O/c1-5-6-7-8-11-14-23-17-13-10-9-12-16(17)22-18(23)15-21-19(24)20(2,3)4/h9-10,12-13H,5-8,11,14-15H2,1-4H3,(H,21,24). The van der Waals surface area contributed by atoms with Gasteiger partial charge in [0.25, 0.3) is 0 Å². The van der Waals surface area contributed by atoms with E-state index in [4.69, 9.17) is 4.98 Å². The number of benzene rings is 1. The van der Waals surface area contributed by atoms with Gasteiger partial charge in [-0.25, -0.2) is 4.98 Å². The summed E-state index contributed by atoms with van der Waals surface area (Å²) in [7, 11) is 0. The van der Waals surface area contributed by atoms with Crippen molar-refractivity contribution >= 4 is 16.9 Å². The molecular weight excluding hydrogens is 298 g/mol. The smallest absolute Gasteiger partial charge is 0.225 e. The summed E-state index contributed by atoms with van der Waals surface area (Å²) in [6.45, 7) is 9.47. The highest BCUT2D eigenvalue weighted by Crippen LogP contribution is 2.18. The number of carbonyl (C=O) groups excluding carboxylic acids is 1. The third-order valence-corrected chi connectivity index (χ3v) is 4.31. The van der Waals surface area contributed by atoms with Gasteiger partial charge in [0.1, 0.15) is 5.82 Å². The number of carbonyl (C=O) groups is 1. The molecule has 1 N–H and O–H groups in total. The molecule has 24 heavy (non-hydrogen) atoms. The van der Waals surface area contributed by atoms with Crippen molar-refractivity contribution in [3.8, 4) is 0 Å². The molecular formula is C20H31N3O. The topological polar surface area (TPSA) is 46.9 Å². The zero-order valence-corrected chi connectivity index (χ0v) is 15.6. The van der Waals surface area contributed by atoms with Crippen molar-refractivity contribution in [1.82, 2.24) is 14.9 Å². The molecule has 0 atom stereocenters. The second-order valence-corrected chi connectivity index (χ2v) is 7.52. The van der Waals surface area contributed by atoms with Gasteiger partial charge in [0.15, 0.2) is 0 Å². The van der Waals surface area contributed by atoms with E-state index in [0.29, 0.717) is 6.54 Å². The quantitative estimate of drug-likeness (QED) is 0.715. The molecule has 0 unspecified atom stereocenters. The lowest BCUT2D eigenvalue weighted by atomic mass is 9.96. The molecule has 0 aliphatic heterocycles.